The van der Waals surface area contributed by atoms with Gasteiger partial charge < -0.3 is 4.90 Å². The van der Waals surface area contributed by atoms with Crippen molar-refractivity contribution >= 4 is 12.0 Å². The lowest BCUT2D eigenvalue weighted by molar-refractivity contribution is -0.137. The third-order valence-electron chi connectivity index (χ3n) is 4.34. The van der Waals surface area contributed by atoms with Gasteiger partial charge in [0, 0.05) is 31.4 Å². The van der Waals surface area contributed by atoms with E-state index in [1.807, 2.05) is 36.5 Å². The molecular weight excluding hydrogens is 379 g/mol. The predicted molar refractivity (Wildman–Crippen MR) is 105 cm³/mol. The Morgan fingerprint density at radius 1 is 1.07 bits per heavy atom. The highest BCUT2D eigenvalue weighted by Gasteiger charge is 2.29. The molecule has 7 heteroatoms. The van der Waals surface area contributed by atoms with E-state index in [0.29, 0.717) is 12.1 Å². The summed E-state index contributed by atoms with van der Waals surface area (Å²) in [6, 6.07) is 14.7. The van der Waals surface area contributed by atoms with Gasteiger partial charge in [-0.15, -0.1) is 0 Å². The molecule has 1 amide bonds. The van der Waals surface area contributed by atoms with Crippen molar-refractivity contribution in [3.8, 4) is 0 Å². The number of benzene rings is 2. The SMILES string of the molecule is CN(Cc1ccc(C(F)(F)F)cc1)C(=O)/C=C/c1cnn(Cc2ccccc2)c1. The summed E-state index contributed by atoms with van der Waals surface area (Å²) in [7, 11) is 1.60. The Bertz CT molecular complexity index is 977. The van der Waals surface area contributed by atoms with Gasteiger partial charge in [-0.3, -0.25) is 9.48 Å². The van der Waals surface area contributed by atoms with Gasteiger partial charge in [-0.2, -0.15) is 18.3 Å². The van der Waals surface area contributed by atoms with E-state index in [9.17, 15) is 18.0 Å². The Labute approximate surface area is 166 Å². The van der Waals surface area contributed by atoms with Gasteiger partial charge >= 0.3 is 6.18 Å². The molecule has 0 fully saturated rings. The van der Waals surface area contributed by atoms with E-state index in [1.165, 1.54) is 23.1 Å². The lowest BCUT2D eigenvalue weighted by atomic mass is 10.1. The summed E-state index contributed by atoms with van der Waals surface area (Å²) in [5.74, 6) is -0.249. The van der Waals surface area contributed by atoms with Crippen LogP contribution in [0.25, 0.3) is 6.08 Å². The summed E-state index contributed by atoms with van der Waals surface area (Å²) in [5, 5.41) is 4.28. The van der Waals surface area contributed by atoms with Gasteiger partial charge in [0.25, 0.3) is 0 Å². The smallest absolute Gasteiger partial charge is 0.338 e. The summed E-state index contributed by atoms with van der Waals surface area (Å²) in [5.41, 5.74) is 1.83. The molecule has 29 heavy (non-hydrogen) atoms. The van der Waals surface area contributed by atoms with Crippen molar-refractivity contribution in [3.63, 3.8) is 0 Å². The van der Waals surface area contributed by atoms with Gasteiger partial charge in [-0.05, 0) is 29.3 Å². The van der Waals surface area contributed by atoms with Crippen molar-refractivity contribution in [1.29, 1.82) is 0 Å². The number of nitrogens with zero attached hydrogens (tertiary/aromatic N) is 3. The van der Waals surface area contributed by atoms with E-state index in [4.69, 9.17) is 0 Å². The van der Waals surface area contributed by atoms with Crippen LogP contribution >= 0.6 is 0 Å². The lowest BCUT2D eigenvalue weighted by Crippen LogP contribution is -2.24. The molecule has 0 spiro atoms. The normalized spacial score (nSPS) is 11.7. The molecular formula is C22H20F3N3O. The van der Waals surface area contributed by atoms with Crippen molar-refractivity contribution in [2.75, 3.05) is 7.05 Å². The fourth-order valence-corrected chi connectivity index (χ4v) is 2.77. The van der Waals surface area contributed by atoms with Gasteiger partial charge in [0.05, 0.1) is 18.3 Å². The van der Waals surface area contributed by atoms with Gasteiger partial charge in [-0.1, -0.05) is 42.5 Å². The van der Waals surface area contributed by atoms with Crippen LogP contribution in [0.4, 0.5) is 13.2 Å². The Kier molecular flexibility index (Phi) is 6.16. The number of halogens is 3. The number of hydrogen-bond acceptors (Lipinski definition) is 2. The monoisotopic (exact) mass is 399 g/mol. The molecule has 3 aromatic rings. The number of amides is 1. The fraction of sp³-hybridized carbons (Fsp3) is 0.182. The maximum atomic E-state index is 12.6. The number of rotatable bonds is 6. The topological polar surface area (TPSA) is 38.1 Å². The summed E-state index contributed by atoms with van der Waals surface area (Å²) in [4.78, 5) is 13.7. The average molecular weight is 399 g/mol. The number of alkyl halides is 3. The molecule has 0 atom stereocenters. The van der Waals surface area contributed by atoms with Crippen molar-refractivity contribution < 1.29 is 18.0 Å². The Balaban J connectivity index is 1.56. The molecule has 1 aromatic heterocycles. The van der Waals surface area contributed by atoms with E-state index in [2.05, 4.69) is 5.10 Å². The summed E-state index contributed by atoms with van der Waals surface area (Å²) in [6.07, 6.45) is 2.23. The average Bonchev–Trinajstić information content (AvgIpc) is 3.14. The molecule has 0 aliphatic rings. The number of likely N-dealkylation sites (N-methyl/N-ethyl adjacent to an activating group) is 1. The molecule has 3 rings (SSSR count). The van der Waals surface area contributed by atoms with Crippen LogP contribution in [0.3, 0.4) is 0 Å². The van der Waals surface area contributed by atoms with Crippen molar-refractivity contribution in [2.45, 2.75) is 19.3 Å². The highest BCUT2D eigenvalue weighted by atomic mass is 19.4. The number of aromatic nitrogens is 2. The number of carbonyl (C=O) groups excluding carboxylic acids is 1. The quantitative estimate of drug-likeness (QED) is 0.567. The van der Waals surface area contributed by atoms with Crippen LogP contribution in [0.1, 0.15) is 22.3 Å². The van der Waals surface area contributed by atoms with Crippen molar-refractivity contribution in [1.82, 2.24) is 14.7 Å². The fourth-order valence-electron chi connectivity index (χ4n) is 2.77. The van der Waals surface area contributed by atoms with Crippen LogP contribution in [0.15, 0.2) is 73.1 Å². The Morgan fingerprint density at radius 2 is 1.76 bits per heavy atom. The molecule has 0 unspecified atom stereocenters. The second-order valence-electron chi connectivity index (χ2n) is 6.68. The molecule has 0 radical (unpaired) electrons. The molecule has 1 heterocycles. The highest BCUT2D eigenvalue weighted by Crippen LogP contribution is 2.29. The van der Waals surface area contributed by atoms with Crippen LogP contribution in [0.5, 0.6) is 0 Å². The molecule has 0 saturated carbocycles. The minimum absolute atomic E-state index is 0.217. The summed E-state index contributed by atoms with van der Waals surface area (Å²) < 4.78 is 39.6. The van der Waals surface area contributed by atoms with E-state index < -0.39 is 11.7 Å². The molecule has 0 N–H and O–H groups in total. The van der Waals surface area contributed by atoms with Gasteiger partial charge in [0.15, 0.2) is 0 Å². The Morgan fingerprint density at radius 3 is 2.41 bits per heavy atom. The van der Waals surface area contributed by atoms with Gasteiger partial charge in [0.1, 0.15) is 0 Å². The van der Waals surface area contributed by atoms with E-state index in [-0.39, 0.29) is 12.5 Å². The molecule has 0 saturated heterocycles. The highest BCUT2D eigenvalue weighted by molar-refractivity contribution is 5.91. The van der Waals surface area contributed by atoms with Gasteiger partial charge in [0.2, 0.25) is 5.91 Å². The molecule has 2 aromatic carbocycles. The first-order chi connectivity index (χ1) is 13.8. The van der Waals surface area contributed by atoms with Gasteiger partial charge in [-0.25, -0.2) is 0 Å². The number of carbonyl (C=O) groups is 1. The molecule has 0 bridgehead atoms. The minimum atomic E-state index is -4.37. The zero-order chi connectivity index (χ0) is 20.9. The third-order valence-corrected chi connectivity index (χ3v) is 4.34. The molecule has 150 valence electrons. The second kappa shape index (κ2) is 8.77. The van der Waals surface area contributed by atoms with Crippen LogP contribution in [-0.2, 0) is 24.1 Å². The van der Waals surface area contributed by atoms with E-state index in [0.717, 1.165) is 23.3 Å². The largest absolute Gasteiger partial charge is 0.416 e. The third kappa shape index (κ3) is 5.81. The maximum Gasteiger partial charge on any atom is 0.416 e. The molecule has 4 nitrogen and oxygen atoms in total. The summed E-state index contributed by atoms with van der Waals surface area (Å²) in [6.45, 7) is 0.852. The van der Waals surface area contributed by atoms with Crippen LogP contribution in [0, 0.1) is 0 Å². The second-order valence-corrected chi connectivity index (χ2v) is 6.68. The zero-order valence-electron chi connectivity index (χ0n) is 15.8. The van der Waals surface area contributed by atoms with Crippen molar-refractivity contribution in [3.05, 3.63) is 95.3 Å². The number of hydrogen-bond donors (Lipinski definition) is 0. The van der Waals surface area contributed by atoms with Crippen molar-refractivity contribution in [2.24, 2.45) is 0 Å². The Hall–Kier alpha value is -3.35. The predicted octanol–water partition coefficient (Wildman–Crippen LogP) is 4.62. The zero-order valence-corrected chi connectivity index (χ0v) is 15.8. The first kappa shape index (κ1) is 20.4. The molecule has 0 aliphatic carbocycles. The molecule has 0 aliphatic heterocycles. The van der Waals surface area contributed by atoms with Crippen LogP contribution in [0.2, 0.25) is 0 Å². The lowest BCUT2D eigenvalue weighted by Gasteiger charge is -2.15. The first-order valence-corrected chi connectivity index (χ1v) is 8.97. The summed E-state index contributed by atoms with van der Waals surface area (Å²) >= 11 is 0. The van der Waals surface area contributed by atoms with E-state index >= 15 is 0 Å². The van der Waals surface area contributed by atoms with Crippen LogP contribution < -0.4 is 0 Å². The van der Waals surface area contributed by atoms with E-state index in [1.54, 1.807) is 24.0 Å². The minimum Gasteiger partial charge on any atom is -0.338 e. The maximum absolute atomic E-state index is 12.6. The standard InChI is InChI=1S/C22H20F3N3O/c1-27(14-18-7-10-20(11-8-18)22(23,24)25)21(29)12-9-19-13-26-28(16-19)15-17-5-3-2-4-6-17/h2-13,16H,14-15H2,1H3/b12-9+. The van der Waals surface area contributed by atoms with Crippen LogP contribution in [-0.4, -0.2) is 27.6 Å². The first-order valence-electron chi connectivity index (χ1n) is 8.97.